The Bertz CT molecular complexity index is 936. The zero-order valence-electron chi connectivity index (χ0n) is 16.2. The van der Waals surface area contributed by atoms with Crippen LogP contribution < -0.4 is 10.1 Å². The zero-order valence-corrected chi connectivity index (χ0v) is 16.2. The predicted molar refractivity (Wildman–Crippen MR) is 114 cm³/mol. The lowest BCUT2D eigenvalue weighted by Crippen LogP contribution is -2.40. The van der Waals surface area contributed by atoms with Crippen LogP contribution in [0.5, 0.6) is 5.75 Å². The number of carbonyl (C=O) groups excluding carboxylic acids is 1. The molecule has 0 unspecified atom stereocenters. The van der Waals surface area contributed by atoms with Crippen LogP contribution in [-0.4, -0.2) is 37.1 Å². The van der Waals surface area contributed by atoms with Crippen molar-refractivity contribution in [2.45, 2.75) is 6.61 Å². The average molecular weight is 388 g/mol. The number of para-hydroxylation sites is 1. The molecule has 0 spiro atoms. The lowest BCUT2D eigenvalue weighted by molar-refractivity contribution is 0.0303. The van der Waals surface area contributed by atoms with Gasteiger partial charge >= 0.3 is 0 Å². The molecule has 1 fully saturated rings. The molecular formula is C24H24N2O3. The summed E-state index contributed by atoms with van der Waals surface area (Å²) in [4.78, 5) is 14.7. The number of benzene rings is 3. The monoisotopic (exact) mass is 388 g/mol. The van der Waals surface area contributed by atoms with Crippen molar-refractivity contribution in [2.75, 3.05) is 31.6 Å². The van der Waals surface area contributed by atoms with Crippen LogP contribution in [0.15, 0.2) is 78.9 Å². The Kier molecular flexibility index (Phi) is 6.07. The minimum Gasteiger partial charge on any atom is -0.489 e. The summed E-state index contributed by atoms with van der Waals surface area (Å²) in [5, 5.41) is 3.36. The topological polar surface area (TPSA) is 50.8 Å². The minimum atomic E-state index is 0.0271. The second-order valence-corrected chi connectivity index (χ2v) is 6.87. The fourth-order valence-corrected chi connectivity index (χ4v) is 3.25. The highest BCUT2D eigenvalue weighted by Gasteiger charge is 2.20. The number of nitrogens with one attached hydrogen (secondary N) is 1. The van der Waals surface area contributed by atoms with Crippen LogP contribution >= 0.6 is 0 Å². The van der Waals surface area contributed by atoms with Crippen molar-refractivity contribution < 1.29 is 14.3 Å². The van der Waals surface area contributed by atoms with Gasteiger partial charge in [0.05, 0.1) is 24.5 Å². The van der Waals surface area contributed by atoms with Crippen LogP contribution in [0, 0.1) is 0 Å². The summed E-state index contributed by atoms with van der Waals surface area (Å²) in [6.45, 7) is 2.96. The van der Waals surface area contributed by atoms with E-state index in [4.69, 9.17) is 9.47 Å². The Morgan fingerprint density at radius 2 is 1.59 bits per heavy atom. The van der Waals surface area contributed by atoms with E-state index in [-0.39, 0.29) is 5.91 Å². The summed E-state index contributed by atoms with van der Waals surface area (Å²) in [6.07, 6.45) is 0. The van der Waals surface area contributed by atoms with Gasteiger partial charge in [-0.2, -0.15) is 0 Å². The third kappa shape index (κ3) is 4.95. The molecule has 148 valence electrons. The number of morpholine rings is 1. The molecule has 3 aromatic carbocycles. The highest BCUT2D eigenvalue weighted by atomic mass is 16.5. The largest absolute Gasteiger partial charge is 0.489 e. The Balaban J connectivity index is 1.42. The van der Waals surface area contributed by atoms with Gasteiger partial charge in [0.25, 0.3) is 5.91 Å². The number of nitrogens with zero attached hydrogens (tertiary/aromatic N) is 1. The highest BCUT2D eigenvalue weighted by molar-refractivity contribution is 6.00. The zero-order chi connectivity index (χ0) is 19.9. The molecule has 0 aromatic heterocycles. The van der Waals surface area contributed by atoms with Crippen LogP contribution in [0.25, 0.3) is 0 Å². The molecular weight excluding hydrogens is 364 g/mol. The molecule has 3 aromatic rings. The summed E-state index contributed by atoms with van der Waals surface area (Å²) in [7, 11) is 0. The number of rotatable bonds is 6. The van der Waals surface area contributed by atoms with Gasteiger partial charge in [0.1, 0.15) is 12.4 Å². The molecule has 5 nitrogen and oxygen atoms in total. The summed E-state index contributed by atoms with van der Waals surface area (Å²) < 4.78 is 11.2. The van der Waals surface area contributed by atoms with Crippen LogP contribution in [-0.2, 0) is 11.3 Å². The number of hydrogen-bond donors (Lipinski definition) is 1. The molecule has 1 heterocycles. The Labute approximate surface area is 170 Å². The normalized spacial score (nSPS) is 13.7. The molecule has 29 heavy (non-hydrogen) atoms. The van der Waals surface area contributed by atoms with Crippen LogP contribution in [0.1, 0.15) is 15.9 Å². The fraction of sp³-hybridized carbons (Fsp3) is 0.208. The van der Waals surface area contributed by atoms with E-state index in [0.29, 0.717) is 38.5 Å². The quantitative estimate of drug-likeness (QED) is 0.676. The summed E-state index contributed by atoms with van der Waals surface area (Å²) in [5.41, 5.74) is 3.49. The fourth-order valence-electron chi connectivity index (χ4n) is 3.25. The standard InChI is InChI=1S/C24H24N2O3/c27-24(26-14-16-28-17-15-26)22-8-4-5-9-23(22)25-20-10-12-21(13-11-20)29-18-19-6-2-1-3-7-19/h1-13,25H,14-18H2. The van der Waals surface area contributed by atoms with E-state index in [1.807, 2.05) is 83.8 Å². The van der Waals surface area contributed by atoms with E-state index >= 15 is 0 Å². The number of hydrogen-bond acceptors (Lipinski definition) is 4. The molecule has 1 saturated heterocycles. The van der Waals surface area contributed by atoms with E-state index in [1.54, 1.807) is 0 Å². The van der Waals surface area contributed by atoms with Crippen LogP contribution in [0.4, 0.5) is 11.4 Å². The van der Waals surface area contributed by atoms with Gasteiger partial charge in [-0.15, -0.1) is 0 Å². The average Bonchev–Trinajstić information content (AvgIpc) is 2.80. The first kappa shape index (κ1) is 19.0. The summed E-state index contributed by atoms with van der Waals surface area (Å²) in [5.74, 6) is 0.830. The van der Waals surface area contributed by atoms with Crippen molar-refractivity contribution in [3.8, 4) is 5.75 Å². The predicted octanol–water partition coefficient (Wildman–Crippen LogP) is 4.48. The second kappa shape index (κ2) is 9.26. The molecule has 0 atom stereocenters. The minimum absolute atomic E-state index is 0.0271. The maximum absolute atomic E-state index is 12.9. The number of ether oxygens (including phenoxy) is 2. The molecule has 0 aliphatic carbocycles. The Morgan fingerprint density at radius 3 is 2.34 bits per heavy atom. The second-order valence-electron chi connectivity index (χ2n) is 6.87. The smallest absolute Gasteiger partial charge is 0.256 e. The lowest BCUT2D eigenvalue weighted by Gasteiger charge is -2.27. The first-order valence-electron chi connectivity index (χ1n) is 9.79. The van der Waals surface area contributed by atoms with Gasteiger partial charge in [0.2, 0.25) is 0 Å². The van der Waals surface area contributed by atoms with Crippen molar-refractivity contribution >= 4 is 17.3 Å². The third-order valence-corrected chi connectivity index (χ3v) is 4.84. The van der Waals surface area contributed by atoms with E-state index in [2.05, 4.69) is 5.32 Å². The molecule has 1 N–H and O–H groups in total. The Hall–Kier alpha value is -3.31. The van der Waals surface area contributed by atoms with Crippen molar-refractivity contribution in [2.24, 2.45) is 0 Å². The molecule has 0 saturated carbocycles. The first-order valence-corrected chi connectivity index (χ1v) is 9.79. The van der Waals surface area contributed by atoms with Crippen LogP contribution in [0.3, 0.4) is 0 Å². The van der Waals surface area contributed by atoms with Crippen LogP contribution in [0.2, 0.25) is 0 Å². The molecule has 0 bridgehead atoms. The van der Waals surface area contributed by atoms with E-state index in [9.17, 15) is 4.79 Å². The third-order valence-electron chi connectivity index (χ3n) is 4.84. The molecule has 1 aliphatic heterocycles. The van der Waals surface area contributed by atoms with Gasteiger partial charge in [-0.3, -0.25) is 4.79 Å². The molecule has 4 rings (SSSR count). The van der Waals surface area contributed by atoms with Crippen molar-refractivity contribution in [3.63, 3.8) is 0 Å². The maximum atomic E-state index is 12.9. The van der Waals surface area contributed by atoms with E-state index < -0.39 is 0 Å². The molecule has 1 amide bonds. The lowest BCUT2D eigenvalue weighted by atomic mass is 10.1. The highest BCUT2D eigenvalue weighted by Crippen LogP contribution is 2.24. The van der Waals surface area contributed by atoms with Crippen molar-refractivity contribution in [1.82, 2.24) is 4.90 Å². The maximum Gasteiger partial charge on any atom is 0.256 e. The van der Waals surface area contributed by atoms with Gasteiger partial charge in [-0.1, -0.05) is 42.5 Å². The molecule has 0 radical (unpaired) electrons. The molecule has 5 heteroatoms. The number of anilines is 2. The van der Waals surface area contributed by atoms with Crippen molar-refractivity contribution in [1.29, 1.82) is 0 Å². The van der Waals surface area contributed by atoms with Gasteiger partial charge in [0, 0.05) is 18.8 Å². The van der Waals surface area contributed by atoms with Gasteiger partial charge in [-0.25, -0.2) is 0 Å². The van der Waals surface area contributed by atoms with Gasteiger partial charge < -0.3 is 19.7 Å². The van der Waals surface area contributed by atoms with E-state index in [0.717, 1.165) is 22.7 Å². The van der Waals surface area contributed by atoms with Gasteiger partial charge in [-0.05, 0) is 42.0 Å². The van der Waals surface area contributed by atoms with Gasteiger partial charge in [0.15, 0.2) is 0 Å². The Morgan fingerprint density at radius 1 is 0.897 bits per heavy atom. The first-order chi connectivity index (χ1) is 14.3. The SMILES string of the molecule is O=C(c1ccccc1Nc1ccc(OCc2ccccc2)cc1)N1CCOCC1. The number of carbonyl (C=O) groups is 1. The summed E-state index contributed by atoms with van der Waals surface area (Å²) in [6, 6.07) is 25.4. The number of amides is 1. The summed E-state index contributed by atoms with van der Waals surface area (Å²) >= 11 is 0. The molecule has 1 aliphatic rings. The van der Waals surface area contributed by atoms with Crippen molar-refractivity contribution in [3.05, 3.63) is 90.0 Å². The van der Waals surface area contributed by atoms with E-state index in [1.165, 1.54) is 0 Å².